The summed E-state index contributed by atoms with van der Waals surface area (Å²) in [5.74, 6) is 0. The highest BCUT2D eigenvalue weighted by Gasteiger charge is 2.36. The van der Waals surface area contributed by atoms with E-state index in [0.717, 1.165) is 0 Å². The maximum atomic E-state index is 11.6. The van der Waals surface area contributed by atoms with Crippen LogP contribution >= 0.6 is 21.6 Å². The zero-order valence-corrected chi connectivity index (χ0v) is 11.4. The van der Waals surface area contributed by atoms with E-state index in [4.69, 9.17) is 4.74 Å². The highest BCUT2D eigenvalue weighted by molar-refractivity contribution is 8.76. The Labute approximate surface area is 111 Å². The van der Waals surface area contributed by atoms with Crippen LogP contribution in [0.1, 0.15) is 12.6 Å². The number of ether oxygens (including phenoxy) is 1. The summed E-state index contributed by atoms with van der Waals surface area (Å²) >= 11 is 0. The lowest BCUT2D eigenvalue weighted by molar-refractivity contribution is -0.0237. The summed E-state index contributed by atoms with van der Waals surface area (Å²) in [4.78, 5) is 24.8. The molecule has 1 aliphatic rings. The third kappa shape index (κ3) is 2.82. The number of hydrogen-bond donors (Lipinski definition) is 2. The van der Waals surface area contributed by atoms with Gasteiger partial charge in [0, 0.05) is 23.9 Å². The number of nitrogens with one attached hydrogen (secondary N) is 1. The van der Waals surface area contributed by atoms with Gasteiger partial charge in [0.25, 0.3) is 5.56 Å². The highest BCUT2D eigenvalue weighted by atomic mass is 33.1. The first-order valence-corrected chi connectivity index (χ1v) is 8.05. The zero-order chi connectivity index (χ0) is 13.1. The van der Waals surface area contributed by atoms with E-state index in [1.807, 2.05) is 6.26 Å². The fourth-order valence-electron chi connectivity index (χ4n) is 1.91. The Balaban J connectivity index is 2.20. The Morgan fingerprint density at radius 3 is 3.00 bits per heavy atom. The molecule has 1 unspecified atom stereocenters. The summed E-state index contributed by atoms with van der Waals surface area (Å²) in [7, 11) is 3.23. The summed E-state index contributed by atoms with van der Waals surface area (Å²) in [5.41, 5.74) is -0.915. The van der Waals surface area contributed by atoms with Crippen LogP contribution in [0.5, 0.6) is 0 Å². The molecular formula is C10H14N2O4S2. The van der Waals surface area contributed by atoms with Crippen molar-refractivity contribution in [3.8, 4) is 0 Å². The molecule has 100 valence electrons. The van der Waals surface area contributed by atoms with Gasteiger partial charge in [-0.25, -0.2) is 4.79 Å². The summed E-state index contributed by atoms with van der Waals surface area (Å²) < 4.78 is 6.99. The molecule has 0 spiro atoms. The van der Waals surface area contributed by atoms with Crippen molar-refractivity contribution in [2.24, 2.45) is 0 Å². The molecule has 0 aliphatic carbocycles. The van der Waals surface area contributed by atoms with Crippen molar-refractivity contribution in [2.45, 2.75) is 24.0 Å². The van der Waals surface area contributed by atoms with E-state index < -0.39 is 17.5 Å². The quantitative estimate of drug-likeness (QED) is 0.771. The maximum Gasteiger partial charge on any atom is 0.330 e. The monoisotopic (exact) mass is 290 g/mol. The number of hydrogen-bond acceptors (Lipinski definition) is 6. The molecule has 1 aromatic rings. The van der Waals surface area contributed by atoms with Gasteiger partial charge in [-0.15, -0.1) is 0 Å². The van der Waals surface area contributed by atoms with E-state index in [0.29, 0.717) is 6.42 Å². The first-order valence-electron chi connectivity index (χ1n) is 5.43. The Hall–Kier alpha value is -0.700. The number of aliphatic hydroxyl groups is 1. The summed E-state index contributed by atoms with van der Waals surface area (Å²) in [5, 5.41) is 9.38. The van der Waals surface area contributed by atoms with Crippen molar-refractivity contribution in [3.05, 3.63) is 33.1 Å². The van der Waals surface area contributed by atoms with Crippen molar-refractivity contribution >= 4 is 21.6 Å². The van der Waals surface area contributed by atoms with E-state index >= 15 is 0 Å². The minimum absolute atomic E-state index is 0.0766. The van der Waals surface area contributed by atoms with Crippen LogP contribution < -0.4 is 11.2 Å². The van der Waals surface area contributed by atoms with Crippen molar-refractivity contribution < 1.29 is 9.84 Å². The van der Waals surface area contributed by atoms with Crippen molar-refractivity contribution in [1.29, 1.82) is 0 Å². The van der Waals surface area contributed by atoms with Gasteiger partial charge in [-0.3, -0.25) is 14.3 Å². The fourth-order valence-corrected chi connectivity index (χ4v) is 4.03. The lowest BCUT2D eigenvalue weighted by Crippen LogP contribution is -2.31. The molecule has 2 N–H and O–H groups in total. The van der Waals surface area contributed by atoms with Crippen LogP contribution in [0.15, 0.2) is 21.9 Å². The van der Waals surface area contributed by atoms with Crippen molar-refractivity contribution in [1.82, 2.24) is 9.55 Å². The summed E-state index contributed by atoms with van der Waals surface area (Å²) in [6, 6.07) is 1.29. The molecule has 0 radical (unpaired) electrons. The second kappa shape index (κ2) is 5.96. The number of H-pyrrole nitrogens is 1. The number of aromatic amines is 1. The average Bonchev–Trinajstić information content (AvgIpc) is 2.72. The molecular weight excluding hydrogens is 276 g/mol. The minimum atomic E-state index is -0.487. The van der Waals surface area contributed by atoms with Gasteiger partial charge < -0.3 is 9.84 Å². The van der Waals surface area contributed by atoms with Gasteiger partial charge in [0.05, 0.1) is 12.7 Å². The van der Waals surface area contributed by atoms with Gasteiger partial charge in [-0.1, -0.05) is 21.6 Å². The van der Waals surface area contributed by atoms with Crippen LogP contribution in [0.3, 0.4) is 0 Å². The molecule has 18 heavy (non-hydrogen) atoms. The maximum absolute atomic E-state index is 11.6. The average molecular weight is 290 g/mol. The Bertz CT molecular complexity index is 515. The first kappa shape index (κ1) is 13.7. The SMILES string of the molecule is CSSC1C[C@H](n2ccc(=O)[nH]c2=O)O[C@@H]1CO. The van der Waals surface area contributed by atoms with E-state index in [1.165, 1.54) is 16.8 Å². The molecule has 0 aromatic carbocycles. The Morgan fingerprint density at radius 1 is 1.61 bits per heavy atom. The molecule has 1 aliphatic heterocycles. The third-order valence-corrected chi connectivity index (χ3v) is 5.00. The zero-order valence-electron chi connectivity index (χ0n) is 9.74. The second-order valence-electron chi connectivity index (χ2n) is 3.87. The molecule has 1 saturated heterocycles. The number of rotatable bonds is 4. The lowest BCUT2D eigenvalue weighted by Gasteiger charge is -2.14. The molecule has 0 bridgehead atoms. The van der Waals surface area contributed by atoms with E-state index in [2.05, 4.69) is 4.98 Å². The van der Waals surface area contributed by atoms with E-state index in [9.17, 15) is 14.7 Å². The number of nitrogens with zero attached hydrogens (tertiary/aromatic N) is 1. The lowest BCUT2D eigenvalue weighted by atomic mass is 10.2. The molecule has 6 nitrogen and oxygen atoms in total. The standard InChI is InChI=1S/C10H14N2O4S2/c1-17-18-7-4-9(16-6(7)5-13)12-3-2-8(14)11-10(12)15/h2-3,6-7,9,13H,4-5H2,1H3,(H,11,14,15)/t6-,7?,9-/m1/s1. The number of aliphatic hydroxyl groups excluding tert-OH is 1. The molecule has 3 atom stereocenters. The highest BCUT2D eigenvalue weighted by Crippen LogP contribution is 2.39. The van der Waals surface area contributed by atoms with Gasteiger partial charge >= 0.3 is 5.69 Å². The van der Waals surface area contributed by atoms with Crippen LogP contribution in [0.2, 0.25) is 0 Å². The normalized spacial score (nSPS) is 27.6. The van der Waals surface area contributed by atoms with Crippen molar-refractivity contribution in [2.75, 3.05) is 12.9 Å². The molecule has 2 heterocycles. The van der Waals surface area contributed by atoms with Crippen LogP contribution in [-0.4, -0.2) is 38.9 Å². The van der Waals surface area contributed by atoms with Gasteiger partial charge in [-0.05, 0) is 6.26 Å². The van der Waals surface area contributed by atoms with Crippen molar-refractivity contribution in [3.63, 3.8) is 0 Å². The predicted molar refractivity (Wildman–Crippen MR) is 71.8 cm³/mol. The van der Waals surface area contributed by atoms with Crippen LogP contribution in [-0.2, 0) is 4.74 Å². The smallest absolute Gasteiger partial charge is 0.330 e. The first-order chi connectivity index (χ1) is 8.65. The molecule has 2 rings (SSSR count). The Morgan fingerprint density at radius 2 is 2.39 bits per heavy atom. The summed E-state index contributed by atoms with van der Waals surface area (Å²) in [6.45, 7) is -0.0766. The molecule has 1 fully saturated rings. The van der Waals surface area contributed by atoms with Crippen LogP contribution in [0.25, 0.3) is 0 Å². The second-order valence-corrected chi connectivity index (χ2v) is 6.57. The van der Waals surface area contributed by atoms with Gasteiger partial charge in [0.1, 0.15) is 6.23 Å². The molecule has 8 heteroatoms. The molecule has 0 amide bonds. The Kier molecular flexibility index (Phi) is 4.55. The van der Waals surface area contributed by atoms with Gasteiger partial charge in [-0.2, -0.15) is 0 Å². The largest absolute Gasteiger partial charge is 0.394 e. The third-order valence-electron chi connectivity index (χ3n) is 2.74. The van der Waals surface area contributed by atoms with Crippen LogP contribution in [0.4, 0.5) is 0 Å². The molecule has 0 saturated carbocycles. The van der Waals surface area contributed by atoms with Crippen LogP contribution in [0, 0.1) is 0 Å². The molecule has 1 aromatic heterocycles. The minimum Gasteiger partial charge on any atom is -0.394 e. The predicted octanol–water partition coefficient (Wildman–Crippen LogP) is 0.196. The fraction of sp³-hybridized carbons (Fsp3) is 0.600. The van der Waals surface area contributed by atoms with Gasteiger partial charge in [0.15, 0.2) is 0 Å². The summed E-state index contributed by atoms with van der Waals surface area (Å²) in [6.07, 6.45) is 3.29. The van der Waals surface area contributed by atoms with E-state index in [-0.39, 0.29) is 18.0 Å². The van der Waals surface area contributed by atoms with E-state index in [1.54, 1.807) is 21.6 Å². The number of aromatic nitrogens is 2. The van der Waals surface area contributed by atoms with Gasteiger partial charge in [0.2, 0.25) is 0 Å². The topological polar surface area (TPSA) is 84.3 Å².